The molecular weight excluding hydrogens is 281 g/mol. The minimum atomic E-state index is -4.26. The summed E-state index contributed by atoms with van der Waals surface area (Å²) in [5, 5.41) is 6.11. The maximum atomic E-state index is 12.4. The van der Waals surface area contributed by atoms with Gasteiger partial charge < -0.3 is 10.6 Å². The summed E-state index contributed by atoms with van der Waals surface area (Å²) in [6.07, 6.45) is -5.26. The average Bonchev–Trinajstić information content (AvgIpc) is 2.84. The summed E-state index contributed by atoms with van der Waals surface area (Å²) in [4.78, 5) is 12.0. The summed E-state index contributed by atoms with van der Waals surface area (Å²) in [5.74, 6) is 1.54. The molecule has 1 aliphatic heterocycles. The SMILES string of the molecule is O=C(NCC1C2CNCC21)c1cccc(CC(F)(F)F)c1. The topological polar surface area (TPSA) is 41.1 Å². The van der Waals surface area contributed by atoms with Gasteiger partial charge >= 0.3 is 6.18 Å². The fourth-order valence-corrected chi connectivity index (χ4v) is 3.22. The smallest absolute Gasteiger partial charge is 0.352 e. The third-order valence-electron chi connectivity index (χ3n) is 4.36. The van der Waals surface area contributed by atoms with E-state index in [-0.39, 0.29) is 11.5 Å². The Bertz CT molecular complexity index is 534. The maximum absolute atomic E-state index is 12.4. The highest BCUT2D eigenvalue weighted by Crippen LogP contribution is 2.47. The number of halogens is 3. The Hall–Kier alpha value is -1.56. The van der Waals surface area contributed by atoms with E-state index in [0.29, 0.717) is 29.9 Å². The van der Waals surface area contributed by atoms with Crippen molar-refractivity contribution in [2.24, 2.45) is 17.8 Å². The molecule has 1 amide bonds. The molecule has 0 radical (unpaired) electrons. The van der Waals surface area contributed by atoms with Gasteiger partial charge in [0.1, 0.15) is 0 Å². The van der Waals surface area contributed by atoms with Crippen molar-refractivity contribution in [1.82, 2.24) is 10.6 Å². The number of hydrogen-bond acceptors (Lipinski definition) is 2. The van der Waals surface area contributed by atoms with E-state index in [1.807, 2.05) is 0 Å². The number of carbonyl (C=O) groups excluding carboxylic acids is 1. The first-order valence-corrected chi connectivity index (χ1v) is 7.08. The van der Waals surface area contributed by atoms with Gasteiger partial charge in [0.25, 0.3) is 5.91 Å². The van der Waals surface area contributed by atoms with Gasteiger partial charge in [0.15, 0.2) is 0 Å². The van der Waals surface area contributed by atoms with Crippen LogP contribution >= 0.6 is 0 Å². The Kier molecular flexibility index (Phi) is 3.65. The fraction of sp³-hybridized carbons (Fsp3) is 0.533. The Balaban J connectivity index is 1.55. The number of benzene rings is 1. The van der Waals surface area contributed by atoms with Crippen LogP contribution in [0.4, 0.5) is 13.2 Å². The van der Waals surface area contributed by atoms with Crippen LogP contribution < -0.4 is 10.6 Å². The lowest BCUT2D eigenvalue weighted by Crippen LogP contribution is -2.28. The van der Waals surface area contributed by atoms with Crippen molar-refractivity contribution in [3.05, 3.63) is 35.4 Å². The largest absolute Gasteiger partial charge is 0.393 e. The predicted octanol–water partition coefficient (Wildman–Crippen LogP) is 1.99. The highest BCUT2D eigenvalue weighted by atomic mass is 19.4. The summed E-state index contributed by atoms with van der Waals surface area (Å²) in [6.45, 7) is 2.62. The van der Waals surface area contributed by atoms with Crippen LogP contribution in [-0.4, -0.2) is 31.7 Å². The number of rotatable bonds is 4. The number of carbonyl (C=O) groups is 1. The number of alkyl halides is 3. The molecule has 6 heteroatoms. The molecule has 0 spiro atoms. The molecule has 21 heavy (non-hydrogen) atoms. The zero-order valence-corrected chi connectivity index (χ0v) is 11.4. The molecule has 1 aromatic carbocycles. The third-order valence-corrected chi connectivity index (χ3v) is 4.36. The van der Waals surface area contributed by atoms with E-state index in [1.54, 1.807) is 6.07 Å². The standard InChI is InChI=1S/C15H17F3N2O/c16-15(17,18)5-9-2-1-3-10(4-9)14(21)20-8-13-11-6-19-7-12(11)13/h1-4,11-13,19H,5-8H2,(H,20,21). The van der Waals surface area contributed by atoms with Gasteiger partial charge in [0, 0.05) is 12.1 Å². The van der Waals surface area contributed by atoms with E-state index in [1.165, 1.54) is 18.2 Å². The van der Waals surface area contributed by atoms with Crippen LogP contribution in [0.3, 0.4) is 0 Å². The van der Waals surface area contributed by atoms with Crippen molar-refractivity contribution in [3.8, 4) is 0 Å². The van der Waals surface area contributed by atoms with Crippen molar-refractivity contribution in [3.63, 3.8) is 0 Å². The molecule has 3 nitrogen and oxygen atoms in total. The van der Waals surface area contributed by atoms with Gasteiger partial charge in [0.2, 0.25) is 0 Å². The molecule has 1 saturated heterocycles. The Morgan fingerprint density at radius 1 is 1.29 bits per heavy atom. The van der Waals surface area contributed by atoms with Gasteiger partial charge in [-0.15, -0.1) is 0 Å². The minimum absolute atomic E-state index is 0.114. The molecule has 2 N–H and O–H groups in total. The van der Waals surface area contributed by atoms with Gasteiger partial charge in [-0.25, -0.2) is 0 Å². The molecule has 0 aromatic heterocycles. The zero-order valence-electron chi connectivity index (χ0n) is 11.4. The monoisotopic (exact) mass is 298 g/mol. The molecule has 2 aliphatic rings. The molecule has 0 bridgehead atoms. The van der Waals surface area contributed by atoms with Crippen LogP contribution in [0.5, 0.6) is 0 Å². The first-order chi connectivity index (χ1) is 9.94. The lowest BCUT2D eigenvalue weighted by atomic mass is 10.1. The normalized spacial score (nSPS) is 27.3. The Morgan fingerprint density at radius 3 is 2.67 bits per heavy atom. The molecule has 3 rings (SSSR count). The van der Waals surface area contributed by atoms with Crippen LogP contribution in [0.2, 0.25) is 0 Å². The Labute approximate surface area is 120 Å². The van der Waals surface area contributed by atoms with Crippen LogP contribution in [0.15, 0.2) is 24.3 Å². The zero-order chi connectivity index (χ0) is 15.0. The van der Waals surface area contributed by atoms with Crippen molar-refractivity contribution < 1.29 is 18.0 Å². The van der Waals surface area contributed by atoms with Gasteiger partial charge in [0.05, 0.1) is 6.42 Å². The highest BCUT2D eigenvalue weighted by Gasteiger charge is 2.52. The number of hydrogen-bond donors (Lipinski definition) is 2. The number of nitrogens with one attached hydrogen (secondary N) is 2. The van der Waals surface area contributed by atoms with Gasteiger partial charge in [-0.2, -0.15) is 13.2 Å². The maximum Gasteiger partial charge on any atom is 0.393 e. The second-order valence-electron chi connectivity index (χ2n) is 5.85. The van der Waals surface area contributed by atoms with Crippen molar-refractivity contribution in [2.45, 2.75) is 12.6 Å². The summed E-state index contributed by atoms with van der Waals surface area (Å²) in [7, 11) is 0. The van der Waals surface area contributed by atoms with Gasteiger partial charge in [-0.05, 0) is 48.5 Å². The third kappa shape index (κ3) is 3.37. The predicted molar refractivity (Wildman–Crippen MR) is 71.9 cm³/mol. The molecule has 1 heterocycles. The van der Waals surface area contributed by atoms with Crippen molar-refractivity contribution in [1.29, 1.82) is 0 Å². The summed E-state index contributed by atoms with van der Waals surface area (Å²) < 4.78 is 37.1. The van der Waals surface area contributed by atoms with Crippen LogP contribution in [0.25, 0.3) is 0 Å². The van der Waals surface area contributed by atoms with E-state index in [9.17, 15) is 18.0 Å². The average molecular weight is 298 g/mol. The van der Waals surface area contributed by atoms with E-state index in [4.69, 9.17) is 0 Å². The molecule has 1 aromatic rings. The summed E-state index contributed by atoms with van der Waals surface area (Å²) in [5.41, 5.74) is 0.406. The van der Waals surface area contributed by atoms with Gasteiger partial charge in [-0.3, -0.25) is 4.79 Å². The number of piperidine rings is 1. The molecule has 2 atom stereocenters. The molecule has 2 unspecified atom stereocenters. The van der Waals surface area contributed by atoms with Crippen molar-refractivity contribution in [2.75, 3.05) is 19.6 Å². The first-order valence-electron chi connectivity index (χ1n) is 7.08. The van der Waals surface area contributed by atoms with Crippen molar-refractivity contribution >= 4 is 5.91 Å². The van der Waals surface area contributed by atoms with E-state index < -0.39 is 12.6 Å². The van der Waals surface area contributed by atoms with E-state index >= 15 is 0 Å². The van der Waals surface area contributed by atoms with Crippen LogP contribution in [-0.2, 0) is 6.42 Å². The number of fused-ring (bicyclic) bond motifs is 1. The van der Waals surface area contributed by atoms with Crippen LogP contribution in [0.1, 0.15) is 15.9 Å². The quantitative estimate of drug-likeness (QED) is 0.892. The molecule has 114 valence electrons. The molecular formula is C15H17F3N2O. The lowest BCUT2D eigenvalue weighted by molar-refractivity contribution is -0.127. The second kappa shape index (κ2) is 5.33. The summed E-state index contributed by atoms with van der Waals surface area (Å²) >= 11 is 0. The molecule has 1 aliphatic carbocycles. The minimum Gasteiger partial charge on any atom is -0.352 e. The van der Waals surface area contributed by atoms with Crippen LogP contribution in [0, 0.1) is 17.8 Å². The second-order valence-corrected chi connectivity index (χ2v) is 5.85. The van der Waals surface area contributed by atoms with E-state index in [0.717, 1.165) is 13.1 Å². The lowest BCUT2D eigenvalue weighted by Gasteiger charge is -2.09. The molecule has 1 saturated carbocycles. The highest BCUT2D eigenvalue weighted by molar-refractivity contribution is 5.94. The first kappa shape index (κ1) is 14.4. The molecule has 2 fully saturated rings. The van der Waals surface area contributed by atoms with E-state index in [2.05, 4.69) is 10.6 Å². The summed E-state index contributed by atoms with van der Waals surface area (Å²) in [6, 6.07) is 5.75. The fourth-order valence-electron chi connectivity index (χ4n) is 3.22. The van der Waals surface area contributed by atoms with Gasteiger partial charge in [-0.1, -0.05) is 12.1 Å². The number of amides is 1. The Morgan fingerprint density at radius 2 is 2.00 bits per heavy atom.